The summed E-state index contributed by atoms with van der Waals surface area (Å²) in [4.78, 5) is 25.9. The minimum Gasteiger partial charge on any atom is -0.377 e. The number of benzene rings is 1. The first-order valence-corrected chi connectivity index (χ1v) is 8.99. The Bertz CT molecular complexity index is 844. The van der Waals surface area contributed by atoms with Gasteiger partial charge in [0.1, 0.15) is 16.6 Å². The lowest BCUT2D eigenvalue weighted by molar-refractivity contribution is -0.117. The number of aryl methyl sites for hydroxylation is 1. The van der Waals surface area contributed by atoms with Crippen molar-refractivity contribution in [1.29, 1.82) is 0 Å². The van der Waals surface area contributed by atoms with Crippen LogP contribution in [0.25, 0.3) is 0 Å². The summed E-state index contributed by atoms with van der Waals surface area (Å²) in [5, 5.41) is 2.86. The van der Waals surface area contributed by atoms with Gasteiger partial charge in [-0.2, -0.15) is 0 Å². The van der Waals surface area contributed by atoms with Crippen LogP contribution in [0.5, 0.6) is 0 Å². The van der Waals surface area contributed by atoms with E-state index in [4.69, 9.17) is 10.5 Å². The van der Waals surface area contributed by atoms with Gasteiger partial charge in [0.15, 0.2) is 0 Å². The number of halogens is 2. The smallest absolute Gasteiger partial charge is 0.241 e. The molecular weight excluding hydrogens is 362 g/mol. The van der Waals surface area contributed by atoms with Crippen LogP contribution in [0.1, 0.15) is 39.7 Å². The lowest BCUT2D eigenvalue weighted by atomic mass is 9.98. The van der Waals surface area contributed by atoms with Gasteiger partial charge in [-0.3, -0.25) is 9.59 Å². The Hall–Kier alpha value is -2.16. The van der Waals surface area contributed by atoms with Crippen LogP contribution in [0.15, 0.2) is 18.2 Å². The molecule has 1 aliphatic rings. The molecule has 1 aromatic carbocycles. The van der Waals surface area contributed by atoms with Crippen LogP contribution >= 0.6 is 11.3 Å². The van der Waals surface area contributed by atoms with Crippen molar-refractivity contribution in [3.63, 3.8) is 0 Å². The number of ether oxygens (including phenoxy) is 1. The summed E-state index contributed by atoms with van der Waals surface area (Å²) >= 11 is 1.22. The van der Waals surface area contributed by atoms with Crippen molar-refractivity contribution >= 4 is 28.0 Å². The Morgan fingerprint density at radius 2 is 1.96 bits per heavy atom. The normalized spacial score (nSPS) is 15.1. The highest BCUT2D eigenvalue weighted by molar-refractivity contribution is 7.17. The van der Waals surface area contributed by atoms with Gasteiger partial charge in [0.2, 0.25) is 11.7 Å². The number of anilines is 1. The molecule has 138 valence electrons. The second-order valence-electron chi connectivity index (χ2n) is 6.07. The van der Waals surface area contributed by atoms with Gasteiger partial charge in [-0.15, -0.1) is 11.3 Å². The number of carbonyl (C=O) groups excluding carboxylic acids is 2. The topological polar surface area (TPSA) is 81.4 Å². The summed E-state index contributed by atoms with van der Waals surface area (Å²) in [5.41, 5.74) is 5.58. The third-order valence-corrected chi connectivity index (χ3v) is 5.30. The molecule has 1 aliphatic heterocycles. The van der Waals surface area contributed by atoms with E-state index in [1.165, 1.54) is 24.3 Å². The summed E-state index contributed by atoms with van der Waals surface area (Å²) in [5.74, 6) is -3.20. The van der Waals surface area contributed by atoms with E-state index < -0.39 is 34.9 Å². The molecule has 3 rings (SSSR count). The first-order valence-electron chi connectivity index (χ1n) is 8.17. The first kappa shape index (κ1) is 18.6. The summed E-state index contributed by atoms with van der Waals surface area (Å²) in [6.07, 6.45) is 1.42. The molecule has 0 saturated carbocycles. The number of rotatable bonds is 4. The third-order valence-electron chi connectivity index (χ3n) is 4.10. The van der Waals surface area contributed by atoms with E-state index in [0.717, 1.165) is 23.4 Å². The zero-order chi connectivity index (χ0) is 18.8. The predicted molar refractivity (Wildman–Crippen MR) is 94.4 cm³/mol. The van der Waals surface area contributed by atoms with E-state index in [1.807, 2.05) is 0 Å². The zero-order valence-corrected chi connectivity index (χ0v) is 14.9. The lowest BCUT2D eigenvalue weighted by Gasteiger charge is -2.11. The average Bonchev–Trinajstić information content (AvgIpc) is 2.75. The minimum atomic E-state index is -0.950. The van der Waals surface area contributed by atoms with E-state index in [1.54, 1.807) is 0 Å². The fraction of sp³-hybridized carbons (Fsp3) is 0.333. The molecule has 2 heterocycles. The number of hydrogen-bond acceptors (Lipinski definition) is 5. The Morgan fingerprint density at radius 1 is 1.27 bits per heavy atom. The molecule has 1 atom stereocenters. The van der Waals surface area contributed by atoms with Gasteiger partial charge in [-0.05, 0) is 31.9 Å². The van der Waals surface area contributed by atoms with Crippen LogP contribution in [-0.4, -0.2) is 24.3 Å². The predicted octanol–water partition coefficient (Wildman–Crippen LogP) is 3.01. The number of thiophene rings is 1. The molecular formula is C18H18F2N2O3S. The maximum absolute atomic E-state index is 14.1. The highest BCUT2D eigenvalue weighted by Gasteiger charge is 2.30. The van der Waals surface area contributed by atoms with E-state index in [9.17, 15) is 18.4 Å². The molecule has 0 spiro atoms. The van der Waals surface area contributed by atoms with Crippen LogP contribution in [0.4, 0.5) is 13.8 Å². The molecule has 0 fully saturated rings. The van der Waals surface area contributed by atoms with Crippen LogP contribution in [0.3, 0.4) is 0 Å². The van der Waals surface area contributed by atoms with E-state index in [-0.39, 0.29) is 17.2 Å². The molecule has 0 aliphatic carbocycles. The van der Waals surface area contributed by atoms with Crippen molar-refractivity contribution < 1.29 is 23.1 Å². The van der Waals surface area contributed by atoms with Crippen molar-refractivity contribution in [3.8, 4) is 0 Å². The number of fused-ring (bicyclic) bond motifs is 1. The fourth-order valence-corrected chi connectivity index (χ4v) is 4.02. The summed E-state index contributed by atoms with van der Waals surface area (Å²) in [7, 11) is 0. The van der Waals surface area contributed by atoms with Gasteiger partial charge >= 0.3 is 0 Å². The van der Waals surface area contributed by atoms with Gasteiger partial charge in [0, 0.05) is 17.0 Å². The quantitative estimate of drug-likeness (QED) is 0.799. The van der Waals surface area contributed by atoms with Gasteiger partial charge in [0.25, 0.3) is 0 Å². The minimum absolute atomic E-state index is 0.0740. The second kappa shape index (κ2) is 7.61. The number of amides is 1. The van der Waals surface area contributed by atoms with Gasteiger partial charge in [-0.25, -0.2) is 8.78 Å². The molecule has 26 heavy (non-hydrogen) atoms. The Balaban J connectivity index is 2.13. The van der Waals surface area contributed by atoms with Gasteiger partial charge in [-0.1, -0.05) is 6.07 Å². The van der Waals surface area contributed by atoms with Crippen molar-refractivity contribution in [2.45, 2.75) is 32.4 Å². The standard InChI is InChI=1S/C18H18F2N2O3S/c1-9(21)17(24)22-18-14(10-8-25-7-3-6-13(10)26-18)16(23)15-11(19)4-2-5-12(15)20/h2,4-5,9H,3,6-8,21H2,1H3,(H,22,24). The zero-order valence-electron chi connectivity index (χ0n) is 14.1. The highest BCUT2D eigenvalue weighted by atomic mass is 32.1. The van der Waals surface area contributed by atoms with E-state index in [2.05, 4.69) is 5.32 Å². The summed E-state index contributed by atoms with van der Waals surface area (Å²) in [6.45, 7) is 2.19. The van der Waals surface area contributed by atoms with Crippen molar-refractivity contribution in [2.75, 3.05) is 11.9 Å². The molecule has 1 amide bonds. The number of carbonyl (C=O) groups is 2. The van der Waals surface area contributed by atoms with Crippen LogP contribution in [0.2, 0.25) is 0 Å². The molecule has 8 heteroatoms. The molecule has 0 bridgehead atoms. The fourth-order valence-electron chi connectivity index (χ4n) is 2.77. The molecule has 1 aromatic heterocycles. The van der Waals surface area contributed by atoms with Crippen LogP contribution in [-0.2, 0) is 22.6 Å². The van der Waals surface area contributed by atoms with Crippen LogP contribution < -0.4 is 11.1 Å². The average molecular weight is 380 g/mol. The van der Waals surface area contributed by atoms with Gasteiger partial charge < -0.3 is 15.8 Å². The van der Waals surface area contributed by atoms with Crippen molar-refractivity contribution in [3.05, 3.63) is 51.4 Å². The van der Waals surface area contributed by atoms with Crippen LogP contribution in [0, 0.1) is 11.6 Å². The number of nitrogens with two attached hydrogens (primary N) is 1. The second-order valence-corrected chi connectivity index (χ2v) is 7.17. The summed E-state index contributed by atoms with van der Waals surface area (Å²) < 4.78 is 33.8. The monoisotopic (exact) mass is 380 g/mol. The number of nitrogens with one attached hydrogen (secondary N) is 1. The molecule has 5 nitrogen and oxygen atoms in total. The van der Waals surface area contributed by atoms with E-state index in [0.29, 0.717) is 18.6 Å². The third kappa shape index (κ3) is 3.53. The summed E-state index contributed by atoms with van der Waals surface area (Å²) in [6, 6.07) is 2.45. The van der Waals surface area contributed by atoms with E-state index >= 15 is 0 Å². The highest BCUT2D eigenvalue weighted by Crippen LogP contribution is 2.38. The van der Waals surface area contributed by atoms with Crippen molar-refractivity contribution in [2.24, 2.45) is 5.73 Å². The largest absolute Gasteiger partial charge is 0.377 e. The number of ketones is 1. The lowest BCUT2D eigenvalue weighted by Crippen LogP contribution is -2.32. The SMILES string of the molecule is CC(N)C(=O)Nc1sc2c(c1C(=O)c1c(F)cccc1F)COCCC2. The molecule has 1 unspecified atom stereocenters. The Morgan fingerprint density at radius 3 is 2.62 bits per heavy atom. The molecule has 3 N–H and O–H groups in total. The molecule has 0 radical (unpaired) electrons. The first-order chi connectivity index (χ1) is 12.4. The van der Waals surface area contributed by atoms with Crippen molar-refractivity contribution in [1.82, 2.24) is 0 Å². The Kier molecular flexibility index (Phi) is 5.45. The molecule has 2 aromatic rings. The molecule has 0 saturated heterocycles. The van der Waals surface area contributed by atoms with Gasteiger partial charge in [0.05, 0.1) is 23.8 Å². The maximum Gasteiger partial charge on any atom is 0.241 e. The maximum atomic E-state index is 14.1. The Labute approximate surface area is 153 Å². The number of hydrogen-bond donors (Lipinski definition) is 2.